The van der Waals surface area contributed by atoms with Crippen LogP contribution < -0.4 is 9.47 Å². The Morgan fingerprint density at radius 1 is 0.740 bits per heavy atom. The van der Waals surface area contributed by atoms with E-state index in [4.69, 9.17) is 0 Å². The topological polar surface area (TPSA) is 114 Å². The minimum atomic E-state index is -5.09. The molecule has 0 atom stereocenters. The van der Waals surface area contributed by atoms with Gasteiger partial charge in [0, 0.05) is 19.8 Å². The molecule has 4 rings (SSSR count). The van der Waals surface area contributed by atoms with Crippen LogP contribution in [-0.2, 0) is 47.8 Å². The Kier molecular flexibility index (Phi) is 13.3. The molecule has 0 aliphatic heterocycles. The molecule has 10 nitrogen and oxygen atoms in total. The first-order valence-electron chi connectivity index (χ1n) is 12.4. The maximum absolute atomic E-state index is 13.1. The molecule has 0 amide bonds. The maximum Gasteiger partial charge on any atom is 0.435 e. The van der Waals surface area contributed by atoms with E-state index in [1.807, 2.05) is 0 Å². The summed E-state index contributed by atoms with van der Waals surface area (Å²) in [6, 6.07) is 0. The van der Waals surface area contributed by atoms with E-state index in [0.717, 1.165) is 32.1 Å². The van der Waals surface area contributed by atoms with Crippen LogP contribution in [0.2, 0.25) is 0 Å². The predicted octanol–water partition coefficient (Wildman–Crippen LogP) is 8.46. The van der Waals surface area contributed by atoms with Crippen molar-refractivity contribution in [1.82, 2.24) is 29.5 Å². The molecule has 0 radical (unpaired) electrons. The van der Waals surface area contributed by atoms with Gasteiger partial charge in [0.1, 0.15) is 0 Å². The highest BCUT2D eigenvalue weighted by molar-refractivity contribution is 9.11. The fourth-order valence-electron chi connectivity index (χ4n) is 3.56. The smallest absolute Gasteiger partial charge is 0.435 e. The molecule has 28 heteroatoms. The third-order valence-corrected chi connectivity index (χ3v) is 11.6. The van der Waals surface area contributed by atoms with Crippen molar-refractivity contribution >= 4 is 76.1 Å². The highest BCUT2D eigenvalue weighted by Crippen LogP contribution is 2.41. The molecule has 0 saturated carbocycles. The zero-order valence-corrected chi connectivity index (χ0v) is 30.7. The SMILES string of the molecule is Cn1nc(C(F)(F)F)c(CS(=O)(=O)c2ncc(Br)s2)c1OCC(F)(F)F.Cn1nc(C(F)(F)F)c(CSc2ncc(Br)s2)c1OCC(F)(F)F. The molecule has 4 heterocycles. The van der Waals surface area contributed by atoms with Gasteiger partial charge >= 0.3 is 24.7 Å². The van der Waals surface area contributed by atoms with Crippen molar-refractivity contribution in [1.29, 1.82) is 0 Å². The second kappa shape index (κ2) is 15.7. The molecule has 0 fully saturated rings. The van der Waals surface area contributed by atoms with Gasteiger partial charge in [0.25, 0.3) is 0 Å². The van der Waals surface area contributed by atoms with E-state index in [0.29, 0.717) is 32.6 Å². The quantitative estimate of drug-likeness (QED) is 0.114. The Morgan fingerprint density at radius 2 is 1.18 bits per heavy atom. The van der Waals surface area contributed by atoms with E-state index >= 15 is 0 Å². The number of thioether (sulfide) groups is 1. The first-order chi connectivity index (χ1) is 22.7. The van der Waals surface area contributed by atoms with E-state index < -0.39 is 92.1 Å². The number of hydrogen-bond acceptors (Lipinski definition) is 11. The molecule has 4 aromatic heterocycles. The first kappa shape index (κ1) is 42.1. The van der Waals surface area contributed by atoms with Gasteiger partial charge < -0.3 is 9.47 Å². The van der Waals surface area contributed by atoms with Crippen molar-refractivity contribution in [2.75, 3.05) is 13.2 Å². The van der Waals surface area contributed by atoms with Crippen LogP contribution in [0.1, 0.15) is 22.5 Å². The third kappa shape index (κ3) is 11.9. The fourth-order valence-corrected chi connectivity index (χ4v) is 9.35. The van der Waals surface area contributed by atoms with Gasteiger partial charge in [-0.15, -0.1) is 11.3 Å². The second-order valence-corrected chi connectivity index (χ2v) is 17.4. The molecule has 50 heavy (non-hydrogen) atoms. The largest absolute Gasteiger partial charge is 0.468 e. The average Bonchev–Trinajstić information content (AvgIpc) is 3.71. The van der Waals surface area contributed by atoms with E-state index in [-0.39, 0.29) is 5.75 Å². The van der Waals surface area contributed by atoms with Crippen molar-refractivity contribution in [2.45, 2.75) is 44.9 Å². The third-order valence-electron chi connectivity index (χ3n) is 5.31. The van der Waals surface area contributed by atoms with Crippen molar-refractivity contribution < 1.29 is 70.6 Å². The molecular weight excluding hydrogens is 928 g/mol. The monoisotopic (exact) mass is 942 g/mol. The highest BCUT2D eigenvalue weighted by Gasteiger charge is 2.43. The number of nitrogens with zero attached hydrogens (tertiary/aromatic N) is 6. The molecule has 0 bridgehead atoms. The molecule has 0 aromatic carbocycles. The zero-order chi connectivity index (χ0) is 38.0. The van der Waals surface area contributed by atoms with E-state index in [9.17, 15) is 61.1 Å². The lowest BCUT2D eigenvalue weighted by atomic mass is 10.2. The number of hydrogen-bond donors (Lipinski definition) is 0. The Balaban J connectivity index is 0.000000271. The summed E-state index contributed by atoms with van der Waals surface area (Å²) in [6.45, 7) is -3.61. The van der Waals surface area contributed by atoms with Gasteiger partial charge in [0.05, 0.1) is 36.8 Å². The second-order valence-electron chi connectivity index (χ2n) is 9.22. The summed E-state index contributed by atoms with van der Waals surface area (Å²) in [6.07, 6.45) is -16.8. The Labute approximate surface area is 301 Å². The normalized spacial score (nSPS) is 13.0. The van der Waals surface area contributed by atoms with Gasteiger partial charge in [-0.25, -0.2) is 27.7 Å². The van der Waals surface area contributed by atoms with Crippen LogP contribution in [-0.4, -0.2) is 63.5 Å². The molecule has 0 N–H and O–H groups in total. The number of aromatic nitrogens is 6. The molecular formula is C22H16Br2F12N6O4S4. The van der Waals surface area contributed by atoms with Gasteiger partial charge in [-0.05, 0) is 31.9 Å². The Morgan fingerprint density at radius 3 is 1.58 bits per heavy atom. The summed E-state index contributed by atoms with van der Waals surface area (Å²) >= 11 is 8.92. The molecule has 0 spiro atoms. The van der Waals surface area contributed by atoms with Crippen LogP contribution >= 0.6 is 66.3 Å². The van der Waals surface area contributed by atoms with Crippen LogP contribution in [0.3, 0.4) is 0 Å². The van der Waals surface area contributed by atoms with Crippen LogP contribution in [0, 0.1) is 0 Å². The average molecular weight is 944 g/mol. The Hall–Kier alpha value is -2.30. The van der Waals surface area contributed by atoms with Crippen LogP contribution in [0.15, 0.2) is 28.6 Å². The summed E-state index contributed by atoms with van der Waals surface area (Å²) in [5.74, 6) is -3.06. The van der Waals surface area contributed by atoms with E-state index in [1.165, 1.54) is 17.5 Å². The van der Waals surface area contributed by atoms with Crippen molar-refractivity contribution in [3.05, 3.63) is 42.5 Å². The lowest BCUT2D eigenvalue weighted by Crippen LogP contribution is -2.21. The molecule has 0 saturated heterocycles. The maximum atomic E-state index is 13.1. The standard InChI is InChI=1S/C11H8BrF6N3O3S2.C11H8BrF6N3OS2/c1-21-8(24-4-10(13,14)15)5(7(20-21)11(16,17)18)3-26(22,23)9-19-2-6(12)25-9;1-21-8(22-4-10(13,14)15)5(7(20-21)11(16,17)18)3-23-9-19-2-6(12)24-9/h2H,3-4H2,1H3;2H,3-4H2,1H3. The van der Waals surface area contributed by atoms with Crippen LogP contribution in [0.5, 0.6) is 11.8 Å². The molecule has 0 unspecified atom stereocenters. The number of sulfone groups is 1. The lowest BCUT2D eigenvalue weighted by Gasteiger charge is -2.11. The summed E-state index contributed by atoms with van der Waals surface area (Å²) < 4.78 is 188. The summed E-state index contributed by atoms with van der Waals surface area (Å²) in [5.41, 5.74) is -4.39. The fraction of sp³-hybridized carbons (Fsp3) is 0.455. The van der Waals surface area contributed by atoms with Crippen molar-refractivity contribution in [3.8, 4) is 11.8 Å². The van der Waals surface area contributed by atoms with Gasteiger partial charge in [-0.2, -0.15) is 62.9 Å². The number of rotatable bonds is 10. The Bertz CT molecular complexity index is 1880. The highest BCUT2D eigenvalue weighted by atomic mass is 79.9. The summed E-state index contributed by atoms with van der Waals surface area (Å²) in [7, 11) is -2.37. The van der Waals surface area contributed by atoms with E-state index in [2.05, 4.69) is 61.5 Å². The molecule has 0 aliphatic rings. The van der Waals surface area contributed by atoms with Crippen molar-refractivity contribution in [2.24, 2.45) is 14.1 Å². The number of alkyl halides is 12. The minimum absolute atomic E-state index is 0.282. The van der Waals surface area contributed by atoms with E-state index in [1.54, 1.807) is 0 Å². The number of ether oxygens (including phenoxy) is 2. The number of thiazole rings is 2. The predicted molar refractivity (Wildman–Crippen MR) is 160 cm³/mol. The minimum Gasteiger partial charge on any atom is -0.468 e. The molecule has 4 aromatic rings. The van der Waals surface area contributed by atoms with Gasteiger partial charge in [-0.1, -0.05) is 23.1 Å². The summed E-state index contributed by atoms with van der Waals surface area (Å²) in [4.78, 5) is 7.50. The zero-order valence-electron chi connectivity index (χ0n) is 24.2. The lowest BCUT2D eigenvalue weighted by molar-refractivity contribution is -0.155. The van der Waals surface area contributed by atoms with Crippen LogP contribution in [0.25, 0.3) is 0 Å². The van der Waals surface area contributed by atoms with Crippen LogP contribution in [0.4, 0.5) is 52.7 Å². The number of halogens is 14. The first-order valence-corrected chi connectivity index (χ1v) is 18.3. The molecule has 0 aliphatic carbocycles. The van der Waals surface area contributed by atoms with Gasteiger partial charge in [0.2, 0.25) is 25.9 Å². The van der Waals surface area contributed by atoms with Gasteiger partial charge in [-0.3, -0.25) is 0 Å². The molecule has 280 valence electrons. The number of aryl methyl sites for hydroxylation is 2. The summed E-state index contributed by atoms with van der Waals surface area (Å²) in [5, 5.41) is 6.33. The van der Waals surface area contributed by atoms with Gasteiger partial charge in [0.15, 0.2) is 28.9 Å². The van der Waals surface area contributed by atoms with Crippen molar-refractivity contribution in [3.63, 3.8) is 0 Å².